The Bertz CT molecular complexity index is 1940. The molecule has 53 heavy (non-hydrogen) atoms. The van der Waals surface area contributed by atoms with Crippen LogP contribution in [0.15, 0.2) is 65.1 Å². The standard InChI is InChI=1S/C36H38O17/c1-48-23-10-15(2-8-19(23)39)3-9-26(41)49-14-25-30(44)31(45)33(47)36(52-25)53-35-32(46)29(43)24(13-37)51-34(35)27-20(40)12-22-18(28(27)42)11-21(50-22)16-4-6-17(38)7-5-16/h2-12,24-25,29-40,42-47H,13-14H2,1H3/b9-3+/t24-,25-,29-,30-,31+,32+,33-,34+,35-,36+/m1/s1. The van der Waals surface area contributed by atoms with Gasteiger partial charge in [-0.15, -0.1) is 0 Å². The van der Waals surface area contributed by atoms with Gasteiger partial charge in [0.05, 0.1) is 24.7 Å². The van der Waals surface area contributed by atoms with Crippen molar-refractivity contribution in [2.75, 3.05) is 20.3 Å². The zero-order valence-corrected chi connectivity index (χ0v) is 27.9. The molecule has 6 rings (SSSR count). The van der Waals surface area contributed by atoms with Gasteiger partial charge in [-0.2, -0.15) is 0 Å². The quantitative estimate of drug-likeness (QED) is 0.0784. The number of hydrogen-bond acceptors (Lipinski definition) is 17. The van der Waals surface area contributed by atoms with E-state index in [1.165, 1.54) is 49.6 Å². The van der Waals surface area contributed by atoms with Crippen molar-refractivity contribution in [2.24, 2.45) is 0 Å². The smallest absolute Gasteiger partial charge is 0.330 e. The number of ether oxygens (including phenoxy) is 5. The molecular formula is C36H38O17. The second-order valence-electron chi connectivity index (χ2n) is 12.5. The molecule has 0 unspecified atom stereocenters. The van der Waals surface area contributed by atoms with Gasteiger partial charge in [0, 0.05) is 17.7 Å². The van der Waals surface area contributed by atoms with Crippen molar-refractivity contribution in [1.82, 2.24) is 0 Å². The highest BCUT2D eigenvalue weighted by molar-refractivity contribution is 5.91. The fraction of sp³-hybridized carbons (Fsp3) is 0.361. The number of benzene rings is 3. The van der Waals surface area contributed by atoms with E-state index in [0.29, 0.717) is 11.1 Å². The maximum absolute atomic E-state index is 12.5. The van der Waals surface area contributed by atoms with Gasteiger partial charge in [0.15, 0.2) is 17.8 Å². The van der Waals surface area contributed by atoms with Crippen LogP contribution < -0.4 is 4.74 Å². The van der Waals surface area contributed by atoms with Crippen LogP contribution in [0, 0.1) is 0 Å². The van der Waals surface area contributed by atoms with Gasteiger partial charge in [-0.1, -0.05) is 6.07 Å². The number of aliphatic hydroxyl groups is 6. The summed E-state index contributed by atoms with van der Waals surface area (Å²) in [6, 6.07) is 12.9. The first-order chi connectivity index (χ1) is 25.3. The number of carbonyl (C=O) groups excluding carboxylic acids is 1. The van der Waals surface area contributed by atoms with Crippen molar-refractivity contribution < 1.29 is 84.0 Å². The van der Waals surface area contributed by atoms with Crippen molar-refractivity contribution in [1.29, 1.82) is 0 Å². The lowest BCUT2D eigenvalue weighted by Gasteiger charge is -2.46. The van der Waals surface area contributed by atoms with Gasteiger partial charge in [0.25, 0.3) is 0 Å². The van der Waals surface area contributed by atoms with Crippen LogP contribution in [-0.4, -0.2) is 132 Å². The molecule has 4 aromatic rings. The van der Waals surface area contributed by atoms with E-state index in [9.17, 15) is 55.9 Å². The molecule has 0 aliphatic carbocycles. The molecule has 2 fully saturated rings. The molecule has 284 valence electrons. The number of phenols is 4. The van der Waals surface area contributed by atoms with Crippen molar-refractivity contribution in [3.63, 3.8) is 0 Å². The Hall–Kier alpha value is -4.95. The Labute approximate surface area is 300 Å². The van der Waals surface area contributed by atoms with Gasteiger partial charge < -0.3 is 79.2 Å². The summed E-state index contributed by atoms with van der Waals surface area (Å²) in [5, 5.41) is 106. The van der Waals surface area contributed by atoms with Gasteiger partial charge in [0.1, 0.15) is 90.1 Å². The topological polar surface area (TPSA) is 279 Å². The summed E-state index contributed by atoms with van der Waals surface area (Å²) in [7, 11) is 1.36. The molecule has 2 aliphatic rings. The SMILES string of the molecule is COc1cc(/C=C/C(=O)OC[C@H]2O[C@@H](O[C@@H]3[C@@H](O)[C@H](O)[C@@H](CO)O[C@H]3c3c(O)cc4oc(-c5ccc(O)cc5)cc4c3O)[C@H](O)[C@@H](O)[C@@H]2O)ccc1O. The van der Waals surface area contributed by atoms with E-state index in [4.69, 9.17) is 28.1 Å². The molecule has 17 nitrogen and oxygen atoms in total. The third-order valence-corrected chi connectivity index (χ3v) is 9.08. The Kier molecular flexibility index (Phi) is 11.1. The van der Waals surface area contributed by atoms with Crippen LogP contribution in [0.3, 0.4) is 0 Å². The maximum Gasteiger partial charge on any atom is 0.330 e. The average Bonchev–Trinajstić information content (AvgIpc) is 3.58. The van der Waals surface area contributed by atoms with Crippen LogP contribution in [0.5, 0.6) is 28.7 Å². The molecule has 0 bridgehead atoms. The van der Waals surface area contributed by atoms with Crippen molar-refractivity contribution in [2.45, 2.75) is 61.2 Å². The summed E-state index contributed by atoms with van der Waals surface area (Å²) >= 11 is 0. The van der Waals surface area contributed by atoms with Crippen molar-refractivity contribution in [3.8, 4) is 40.1 Å². The van der Waals surface area contributed by atoms with Crippen LogP contribution in [-0.2, 0) is 23.7 Å². The van der Waals surface area contributed by atoms with E-state index in [-0.39, 0.29) is 39.5 Å². The number of aromatic hydroxyl groups is 4. The predicted molar refractivity (Wildman–Crippen MR) is 180 cm³/mol. The summed E-state index contributed by atoms with van der Waals surface area (Å²) in [5.41, 5.74) is 0.677. The van der Waals surface area contributed by atoms with Gasteiger partial charge in [-0.25, -0.2) is 4.79 Å². The molecule has 0 radical (unpaired) electrons. The number of carbonyl (C=O) groups is 1. The van der Waals surface area contributed by atoms with Crippen LogP contribution >= 0.6 is 0 Å². The van der Waals surface area contributed by atoms with Crippen LogP contribution in [0.2, 0.25) is 0 Å². The van der Waals surface area contributed by atoms with E-state index >= 15 is 0 Å². The average molecular weight is 743 g/mol. The third kappa shape index (κ3) is 7.61. The normalized spacial score (nSPS) is 29.0. The minimum atomic E-state index is -1.98. The molecule has 10 atom stereocenters. The molecule has 1 aromatic heterocycles. The molecule has 17 heteroatoms. The number of fused-ring (bicyclic) bond motifs is 1. The highest BCUT2D eigenvalue weighted by Gasteiger charge is 2.52. The lowest BCUT2D eigenvalue weighted by atomic mass is 9.89. The van der Waals surface area contributed by atoms with Gasteiger partial charge >= 0.3 is 5.97 Å². The summed E-state index contributed by atoms with van der Waals surface area (Å²) in [5.74, 6) is -1.77. The Balaban J connectivity index is 1.24. The van der Waals surface area contributed by atoms with E-state index in [2.05, 4.69) is 0 Å². The van der Waals surface area contributed by atoms with Crippen LogP contribution in [0.1, 0.15) is 17.2 Å². The summed E-state index contributed by atoms with van der Waals surface area (Å²) in [4.78, 5) is 12.5. The molecule has 0 amide bonds. The first kappa shape index (κ1) is 37.8. The first-order valence-electron chi connectivity index (χ1n) is 16.3. The minimum Gasteiger partial charge on any atom is -0.508 e. The number of hydrogen-bond donors (Lipinski definition) is 10. The van der Waals surface area contributed by atoms with E-state index < -0.39 is 91.9 Å². The molecule has 0 saturated carbocycles. The summed E-state index contributed by atoms with van der Waals surface area (Å²) in [6.45, 7) is -1.46. The zero-order valence-electron chi connectivity index (χ0n) is 27.9. The lowest BCUT2D eigenvalue weighted by Crippen LogP contribution is -2.63. The number of phenolic OH excluding ortho intramolecular Hbond substituents is 4. The Morgan fingerprint density at radius 1 is 0.811 bits per heavy atom. The highest BCUT2D eigenvalue weighted by Crippen LogP contribution is 2.48. The third-order valence-electron chi connectivity index (χ3n) is 9.08. The molecule has 0 spiro atoms. The van der Waals surface area contributed by atoms with Crippen LogP contribution in [0.25, 0.3) is 28.4 Å². The Morgan fingerprint density at radius 2 is 1.53 bits per heavy atom. The van der Waals surface area contributed by atoms with E-state index in [1.54, 1.807) is 12.1 Å². The first-order valence-corrected chi connectivity index (χ1v) is 16.3. The molecule has 3 heterocycles. The molecule has 2 saturated heterocycles. The fourth-order valence-electron chi connectivity index (χ4n) is 6.19. The highest BCUT2D eigenvalue weighted by atomic mass is 16.7. The van der Waals surface area contributed by atoms with Gasteiger partial charge in [-0.05, 0) is 54.1 Å². The summed E-state index contributed by atoms with van der Waals surface area (Å²) in [6.07, 6.45) is -15.3. The largest absolute Gasteiger partial charge is 0.508 e. The number of aliphatic hydroxyl groups excluding tert-OH is 6. The number of furan rings is 1. The van der Waals surface area contributed by atoms with E-state index in [0.717, 1.165) is 12.1 Å². The maximum atomic E-state index is 12.5. The van der Waals surface area contributed by atoms with Gasteiger partial charge in [0.2, 0.25) is 0 Å². The van der Waals surface area contributed by atoms with Gasteiger partial charge in [-0.3, -0.25) is 0 Å². The second kappa shape index (κ2) is 15.6. The fourth-order valence-corrected chi connectivity index (χ4v) is 6.19. The van der Waals surface area contributed by atoms with Crippen LogP contribution in [0.4, 0.5) is 0 Å². The molecule has 2 aliphatic heterocycles. The zero-order chi connectivity index (χ0) is 38.1. The number of methoxy groups -OCH3 is 1. The Morgan fingerprint density at radius 3 is 2.23 bits per heavy atom. The molecule has 3 aromatic carbocycles. The minimum absolute atomic E-state index is 0.00883. The molecule has 10 N–H and O–H groups in total. The van der Waals surface area contributed by atoms with Crippen molar-refractivity contribution >= 4 is 23.0 Å². The second-order valence-corrected chi connectivity index (χ2v) is 12.5. The molecular weight excluding hydrogens is 704 g/mol. The summed E-state index contributed by atoms with van der Waals surface area (Å²) < 4.78 is 33.4. The number of esters is 1. The lowest BCUT2D eigenvalue weighted by molar-refractivity contribution is -0.342. The predicted octanol–water partition coefficient (Wildman–Crippen LogP) is 0.534. The monoisotopic (exact) mass is 742 g/mol. The number of rotatable bonds is 10. The van der Waals surface area contributed by atoms with Crippen molar-refractivity contribution in [3.05, 3.63) is 71.8 Å². The van der Waals surface area contributed by atoms with E-state index in [1.807, 2.05) is 0 Å².